The minimum Gasteiger partial charge on any atom is -0.509 e. The van der Waals surface area contributed by atoms with Crippen molar-refractivity contribution in [1.29, 1.82) is 0 Å². The molecule has 5 nitrogen and oxygen atoms in total. The second kappa shape index (κ2) is 14.6. The normalized spacial score (nSPS) is 12.3. The second-order valence-corrected chi connectivity index (χ2v) is 14.7. The summed E-state index contributed by atoms with van der Waals surface area (Å²) in [7, 11) is 0. The summed E-state index contributed by atoms with van der Waals surface area (Å²) >= 11 is 0. The Balaban J connectivity index is 0.00000448. The first-order valence-electron chi connectivity index (χ1n) is 17.8. The molecule has 0 saturated heterocycles. The van der Waals surface area contributed by atoms with E-state index in [9.17, 15) is 0 Å². The molecule has 0 spiro atoms. The Labute approximate surface area is 317 Å². The Bertz CT molecular complexity index is 2330. The third kappa shape index (κ3) is 7.19. The van der Waals surface area contributed by atoms with Gasteiger partial charge in [-0.3, -0.25) is 4.68 Å². The average Bonchev–Trinajstić information content (AvgIpc) is 3.58. The van der Waals surface area contributed by atoms with Gasteiger partial charge in [-0.2, -0.15) is 16.7 Å². The van der Waals surface area contributed by atoms with Gasteiger partial charge in [-0.25, -0.2) is 4.98 Å². The van der Waals surface area contributed by atoms with E-state index in [2.05, 4.69) is 139 Å². The van der Waals surface area contributed by atoms with Gasteiger partial charge in [0.25, 0.3) is 0 Å². The summed E-state index contributed by atoms with van der Waals surface area (Å²) in [6.07, 6.45) is 5.02. The first-order valence-corrected chi connectivity index (χ1v) is 17.8. The molecule has 1 atom stereocenters. The molecule has 0 aliphatic heterocycles. The molecular formula is C45H46N4OPt. The van der Waals surface area contributed by atoms with E-state index in [-0.39, 0.29) is 26.5 Å². The fourth-order valence-electron chi connectivity index (χ4n) is 6.95. The smallest absolute Gasteiger partial charge is 0.509 e. The number of unbranched alkanes of at least 4 members (excludes halogenated alkanes) is 1. The number of pyridine rings is 1. The molecule has 0 bridgehead atoms. The SMILES string of the molecule is CCCCc1cc(Oc2[c-]c3c(cc2)c2cc(C(C)C(C)(C)C)ccc2n3-c2cc(C)ccn2)[c-]c(-n2nc(C)c(-c3ccccc3)c2C)c1.[Pt+2]. The van der Waals surface area contributed by atoms with Crippen LogP contribution < -0.4 is 4.74 Å². The Morgan fingerprint density at radius 3 is 2.35 bits per heavy atom. The molecule has 0 fully saturated rings. The van der Waals surface area contributed by atoms with Crippen molar-refractivity contribution in [3.63, 3.8) is 0 Å². The van der Waals surface area contributed by atoms with E-state index >= 15 is 0 Å². The summed E-state index contributed by atoms with van der Waals surface area (Å²) in [5.41, 5.74) is 11.1. The number of aromatic nitrogens is 4. The Morgan fingerprint density at radius 1 is 0.843 bits per heavy atom. The third-order valence-electron chi connectivity index (χ3n) is 10.1. The van der Waals surface area contributed by atoms with Gasteiger partial charge in [-0.05, 0) is 78.1 Å². The van der Waals surface area contributed by atoms with Gasteiger partial charge in [-0.1, -0.05) is 102 Å². The van der Waals surface area contributed by atoms with Crippen LogP contribution in [0.5, 0.6) is 11.5 Å². The molecule has 262 valence electrons. The number of nitrogens with zero attached hydrogens (tertiary/aromatic N) is 4. The van der Waals surface area contributed by atoms with Crippen LogP contribution in [-0.2, 0) is 27.5 Å². The molecule has 7 rings (SSSR count). The van der Waals surface area contributed by atoms with Crippen LogP contribution in [0.4, 0.5) is 0 Å². The Kier molecular flexibility index (Phi) is 10.4. The number of hydrogen-bond acceptors (Lipinski definition) is 3. The minimum absolute atomic E-state index is 0. The van der Waals surface area contributed by atoms with Crippen molar-refractivity contribution < 1.29 is 25.8 Å². The number of hydrogen-bond donors (Lipinski definition) is 0. The molecule has 0 radical (unpaired) electrons. The molecule has 4 aromatic carbocycles. The summed E-state index contributed by atoms with van der Waals surface area (Å²) in [6, 6.07) is 37.2. The second-order valence-electron chi connectivity index (χ2n) is 14.7. The van der Waals surface area contributed by atoms with Crippen LogP contribution in [-0.4, -0.2) is 19.3 Å². The number of rotatable bonds is 9. The van der Waals surface area contributed by atoms with Crippen molar-refractivity contribution in [2.45, 2.75) is 80.6 Å². The third-order valence-corrected chi connectivity index (χ3v) is 10.1. The molecule has 3 aromatic heterocycles. The van der Waals surface area contributed by atoms with Crippen molar-refractivity contribution in [2.24, 2.45) is 5.41 Å². The standard InChI is InChI=1S/C45H46N4O.Pt/c1-9-10-14-33-24-36(49-32(5)44(31(4)47-49)34-15-12-11-13-16-34)27-38(25-33)50-37-18-19-39-40-26-35(30(3)45(6,7)8)17-20-41(40)48(42(39)28-37)43-23-29(2)21-22-46-43;/h11-13,15-26,30H,9-10,14H2,1-8H3;/q-2;+2. The zero-order chi connectivity index (χ0) is 35.2. The molecule has 0 saturated carbocycles. The predicted octanol–water partition coefficient (Wildman–Crippen LogP) is 11.8. The van der Waals surface area contributed by atoms with Gasteiger partial charge < -0.3 is 9.30 Å². The van der Waals surface area contributed by atoms with E-state index in [0.29, 0.717) is 17.4 Å². The fourth-order valence-corrected chi connectivity index (χ4v) is 6.95. The molecule has 7 aromatic rings. The van der Waals surface area contributed by atoms with Crippen LogP contribution in [0, 0.1) is 38.3 Å². The summed E-state index contributed by atoms with van der Waals surface area (Å²) in [4.78, 5) is 4.80. The summed E-state index contributed by atoms with van der Waals surface area (Å²) in [6.45, 7) is 17.7. The molecule has 0 aliphatic carbocycles. The zero-order valence-corrected chi connectivity index (χ0v) is 33.1. The van der Waals surface area contributed by atoms with Crippen LogP contribution in [0.15, 0.2) is 91.1 Å². The maximum Gasteiger partial charge on any atom is 2.00 e. The molecule has 1 unspecified atom stereocenters. The average molecular weight is 854 g/mol. The van der Waals surface area contributed by atoms with Gasteiger partial charge in [0.1, 0.15) is 5.82 Å². The fraction of sp³-hybridized carbons (Fsp3) is 0.289. The first-order chi connectivity index (χ1) is 24.0. The monoisotopic (exact) mass is 853 g/mol. The molecule has 0 aliphatic rings. The molecule has 3 heterocycles. The van der Waals surface area contributed by atoms with Crippen molar-refractivity contribution in [1.82, 2.24) is 19.3 Å². The van der Waals surface area contributed by atoms with Crippen LogP contribution in [0.3, 0.4) is 0 Å². The van der Waals surface area contributed by atoms with Crippen LogP contribution >= 0.6 is 0 Å². The predicted molar refractivity (Wildman–Crippen MR) is 206 cm³/mol. The quantitative estimate of drug-likeness (QED) is 0.136. The molecule has 0 N–H and O–H groups in total. The van der Waals surface area contributed by atoms with Crippen LogP contribution in [0.2, 0.25) is 0 Å². The van der Waals surface area contributed by atoms with Gasteiger partial charge in [0.2, 0.25) is 0 Å². The summed E-state index contributed by atoms with van der Waals surface area (Å²) in [5, 5.41) is 7.30. The van der Waals surface area contributed by atoms with Gasteiger partial charge >= 0.3 is 21.1 Å². The minimum atomic E-state index is 0. The van der Waals surface area contributed by atoms with E-state index in [1.807, 2.05) is 29.1 Å². The van der Waals surface area contributed by atoms with E-state index in [1.165, 1.54) is 16.5 Å². The maximum atomic E-state index is 6.66. The van der Waals surface area contributed by atoms with E-state index in [4.69, 9.17) is 14.8 Å². The van der Waals surface area contributed by atoms with Crippen molar-refractivity contribution in [2.75, 3.05) is 0 Å². The van der Waals surface area contributed by atoms with E-state index in [1.54, 1.807) is 0 Å². The topological polar surface area (TPSA) is 44.9 Å². The molecule has 0 amide bonds. The maximum absolute atomic E-state index is 6.66. The summed E-state index contributed by atoms with van der Waals surface area (Å²) < 4.78 is 10.9. The van der Waals surface area contributed by atoms with Crippen molar-refractivity contribution in [3.8, 4) is 34.1 Å². The zero-order valence-electron chi connectivity index (χ0n) is 30.9. The Morgan fingerprint density at radius 2 is 1.63 bits per heavy atom. The van der Waals surface area contributed by atoms with Gasteiger partial charge in [0.05, 0.1) is 5.69 Å². The van der Waals surface area contributed by atoms with Crippen molar-refractivity contribution in [3.05, 3.63) is 131 Å². The van der Waals surface area contributed by atoms with Crippen LogP contribution in [0.25, 0.3) is 44.4 Å². The van der Waals surface area contributed by atoms with Crippen molar-refractivity contribution >= 4 is 21.8 Å². The van der Waals surface area contributed by atoms with Gasteiger partial charge in [-0.15, -0.1) is 35.7 Å². The molecule has 6 heteroatoms. The molecule has 51 heavy (non-hydrogen) atoms. The van der Waals surface area contributed by atoms with Crippen LogP contribution in [0.1, 0.15) is 81.5 Å². The number of aryl methyl sites for hydroxylation is 3. The first kappa shape index (κ1) is 36.3. The largest absolute Gasteiger partial charge is 2.00 e. The van der Waals surface area contributed by atoms with E-state index in [0.717, 1.165) is 75.3 Å². The molecular weight excluding hydrogens is 808 g/mol. The van der Waals surface area contributed by atoms with Gasteiger partial charge in [0, 0.05) is 34.5 Å². The Hall–Kier alpha value is -4.47. The number of fused-ring (bicyclic) bond motifs is 3. The van der Waals surface area contributed by atoms with E-state index < -0.39 is 0 Å². The number of ether oxygens (including phenoxy) is 1. The number of benzene rings is 4. The summed E-state index contributed by atoms with van der Waals surface area (Å²) in [5.74, 6) is 2.54. The van der Waals surface area contributed by atoms with Gasteiger partial charge in [0.15, 0.2) is 0 Å².